The van der Waals surface area contributed by atoms with Crippen molar-refractivity contribution < 1.29 is 9.90 Å². The van der Waals surface area contributed by atoms with Crippen molar-refractivity contribution in [1.29, 1.82) is 0 Å². The predicted octanol–water partition coefficient (Wildman–Crippen LogP) is 4.20. The van der Waals surface area contributed by atoms with Gasteiger partial charge in [-0.15, -0.1) is 11.3 Å². The standard InChI is InChI=1S/C20H18N2O2S/c1-2-18-12-16(13-25-18)20(24)22-21-19(14-6-4-3-5-7-14)15-8-10-17(23)11-9-15/h3-13,23H,2H2,1H3,(H,22,24)/b21-19+. The summed E-state index contributed by atoms with van der Waals surface area (Å²) in [5.74, 6) is -0.0475. The molecule has 0 fully saturated rings. The second-order valence-corrected chi connectivity index (χ2v) is 6.47. The first-order valence-corrected chi connectivity index (χ1v) is 8.85. The van der Waals surface area contributed by atoms with Crippen LogP contribution in [0, 0.1) is 0 Å². The minimum atomic E-state index is -0.233. The number of phenols is 1. The van der Waals surface area contributed by atoms with E-state index in [4.69, 9.17) is 0 Å². The molecule has 0 atom stereocenters. The minimum Gasteiger partial charge on any atom is -0.508 e. The van der Waals surface area contributed by atoms with Crippen LogP contribution >= 0.6 is 11.3 Å². The van der Waals surface area contributed by atoms with Gasteiger partial charge < -0.3 is 5.11 Å². The van der Waals surface area contributed by atoms with Crippen LogP contribution in [0.4, 0.5) is 0 Å². The van der Waals surface area contributed by atoms with Crippen LogP contribution in [0.5, 0.6) is 5.75 Å². The van der Waals surface area contributed by atoms with Gasteiger partial charge in [-0.05, 0) is 36.8 Å². The van der Waals surface area contributed by atoms with E-state index in [0.29, 0.717) is 11.3 Å². The van der Waals surface area contributed by atoms with Crippen molar-refractivity contribution >= 4 is 23.0 Å². The molecule has 0 unspecified atom stereocenters. The molecule has 126 valence electrons. The van der Waals surface area contributed by atoms with Crippen molar-refractivity contribution in [3.8, 4) is 5.75 Å². The van der Waals surface area contributed by atoms with Gasteiger partial charge in [0.05, 0.1) is 11.3 Å². The summed E-state index contributed by atoms with van der Waals surface area (Å²) in [6, 6.07) is 18.2. The quantitative estimate of drug-likeness (QED) is 0.535. The average Bonchev–Trinajstić information content (AvgIpc) is 3.13. The Labute approximate surface area is 150 Å². The van der Waals surface area contributed by atoms with Crippen LogP contribution in [-0.2, 0) is 6.42 Å². The Kier molecular flexibility index (Phi) is 5.26. The molecule has 0 saturated carbocycles. The molecule has 3 aromatic rings. The number of benzene rings is 2. The van der Waals surface area contributed by atoms with Gasteiger partial charge in [0.2, 0.25) is 0 Å². The molecule has 0 aliphatic rings. The van der Waals surface area contributed by atoms with Crippen molar-refractivity contribution in [2.75, 3.05) is 0 Å². The van der Waals surface area contributed by atoms with Crippen molar-refractivity contribution in [2.24, 2.45) is 5.10 Å². The van der Waals surface area contributed by atoms with Crippen molar-refractivity contribution in [2.45, 2.75) is 13.3 Å². The van der Waals surface area contributed by atoms with Gasteiger partial charge in [0.1, 0.15) is 5.75 Å². The van der Waals surface area contributed by atoms with Gasteiger partial charge in [-0.3, -0.25) is 4.79 Å². The molecule has 1 amide bonds. The van der Waals surface area contributed by atoms with Crippen LogP contribution in [0.15, 0.2) is 71.1 Å². The Bertz CT molecular complexity index is 884. The number of phenolic OH excluding ortho intramolecular Hbond substituents is 1. The molecule has 0 bridgehead atoms. The summed E-state index contributed by atoms with van der Waals surface area (Å²) in [5.41, 5.74) is 5.59. The lowest BCUT2D eigenvalue weighted by Crippen LogP contribution is -2.20. The molecule has 2 aromatic carbocycles. The number of nitrogens with zero attached hydrogens (tertiary/aromatic N) is 1. The van der Waals surface area contributed by atoms with E-state index in [9.17, 15) is 9.90 Å². The molecule has 3 rings (SSSR count). The summed E-state index contributed by atoms with van der Waals surface area (Å²) in [4.78, 5) is 13.5. The maximum absolute atomic E-state index is 12.3. The molecular weight excluding hydrogens is 332 g/mol. The number of aromatic hydroxyl groups is 1. The fourth-order valence-electron chi connectivity index (χ4n) is 2.37. The van der Waals surface area contributed by atoms with E-state index in [1.54, 1.807) is 35.6 Å². The topological polar surface area (TPSA) is 61.7 Å². The lowest BCUT2D eigenvalue weighted by atomic mass is 10.0. The number of hydrogen-bond acceptors (Lipinski definition) is 4. The van der Waals surface area contributed by atoms with Crippen LogP contribution in [-0.4, -0.2) is 16.7 Å². The van der Waals surface area contributed by atoms with Crippen LogP contribution in [0.2, 0.25) is 0 Å². The first-order chi connectivity index (χ1) is 12.2. The highest BCUT2D eigenvalue weighted by Crippen LogP contribution is 2.16. The van der Waals surface area contributed by atoms with Crippen LogP contribution in [0.25, 0.3) is 0 Å². The Hall–Kier alpha value is -2.92. The Balaban J connectivity index is 1.89. The number of carbonyl (C=O) groups is 1. The summed E-state index contributed by atoms with van der Waals surface area (Å²) in [7, 11) is 0. The highest BCUT2D eigenvalue weighted by molar-refractivity contribution is 7.10. The molecule has 1 aromatic heterocycles. The minimum absolute atomic E-state index is 0.186. The van der Waals surface area contributed by atoms with E-state index in [-0.39, 0.29) is 11.7 Å². The van der Waals surface area contributed by atoms with Crippen LogP contribution < -0.4 is 5.43 Å². The molecule has 2 N–H and O–H groups in total. The number of carbonyl (C=O) groups excluding carboxylic acids is 1. The first-order valence-electron chi connectivity index (χ1n) is 7.97. The first kappa shape index (κ1) is 16.9. The molecule has 4 nitrogen and oxygen atoms in total. The van der Waals surface area contributed by atoms with Crippen LogP contribution in [0.1, 0.15) is 33.3 Å². The molecule has 0 aliphatic carbocycles. The summed E-state index contributed by atoms with van der Waals surface area (Å²) in [6.45, 7) is 2.06. The van der Waals surface area contributed by atoms with E-state index in [1.807, 2.05) is 41.8 Å². The zero-order chi connectivity index (χ0) is 17.6. The number of thiophene rings is 1. The van der Waals surface area contributed by atoms with E-state index in [0.717, 1.165) is 22.4 Å². The van der Waals surface area contributed by atoms with Gasteiger partial charge >= 0.3 is 0 Å². The van der Waals surface area contributed by atoms with Crippen LogP contribution in [0.3, 0.4) is 0 Å². The SMILES string of the molecule is CCc1cc(C(=O)N/N=C(\c2ccccc2)c2ccc(O)cc2)cs1. The van der Waals surface area contributed by atoms with Gasteiger partial charge in [-0.1, -0.05) is 37.3 Å². The monoisotopic (exact) mass is 350 g/mol. The third kappa shape index (κ3) is 4.14. The highest BCUT2D eigenvalue weighted by atomic mass is 32.1. The van der Waals surface area contributed by atoms with Gasteiger partial charge in [0.15, 0.2) is 0 Å². The Morgan fingerprint density at radius 1 is 1.04 bits per heavy atom. The van der Waals surface area contributed by atoms with Crippen molar-refractivity contribution in [3.63, 3.8) is 0 Å². The number of hydrogen-bond donors (Lipinski definition) is 2. The van der Waals surface area contributed by atoms with E-state index in [1.165, 1.54) is 0 Å². The lowest BCUT2D eigenvalue weighted by molar-refractivity contribution is 0.0955. The molecule has 25 heavy (non-hydrogen) atoms. The highest BCUT2D eigenvalue weighted by Gasteiger charge is 2.11. The third-order valence-corrected chi connectivity index (χ3v) is 4.80. The molecule has 0 aliphatic heterocycles. The zero-order valence-corrected chi connectivity index (χ0v) is 14.6. The second kappa shape index (κ2) is 7.77. The Morgan fingerprint density at radius 3 is 2.36 bits per heavy atom. The number of nitrogens with one attached hydrogen (secondary N) is 1. The predicted molar refractivity (Wildman–Crippen MR) is 101 cm³/mol. The largest absolute Gasteiger partial charge is 0.508 e. The van der Waals surface area contributed by atoms with Gasteiger partial charge in [-0.2, -0.15) is 5.10 Å². The normalized spacial score (nSPS) is 11.3. The van der Waals surface area contributed by atoms with Gasteiger partial charge in [0, 0.05) is 21.4 Å². The molecular formula is C20H18N2O2S. The maximum Gasteiger partial charge on any atom is 0.272 e. The number of amides is 1. The lowest BCUT2D eigenvalue weighted by Gasteiger charge is -2.08. The fraction of sp³-hybridized carbons (Fsp3) is 0.100. The summed E-state index contributed by atoms with van der Waals surface area (Å²) < 4.78 is 0. The maximum atomic E-state index is 12.3. The smallest absolute Gasteiger partial charge is 0.272 e. The second-order valence-electron chi connectivity index (χ2n) is 5.47. The van der Waals surface area contributed by atoms with E-state index < -0.39 is 0 Å². The van der Waals surface area contributed by atoms with Crippen molar-refractivity contribution in [3.05, 3.63) is 87.6 Å². The summed E-state index contributed by atoms with van der Waals surface area (Å²) in [5, 5.41) is 15.7. The molecule has 5 heteroatoms. The van der Waals surface area contributed by atoms with E-state index >= 15 is 0 Å². The molecule has 1 heterocycles. The zero-order valence-electron chi connectivity index (χ0n) is 13.8. The van der Waals surface area contributed by atoms with Crippen molar-refractivity contribution in [1.82, 2.24) is 5.43 Å². The molecule has 0 saturated heterocycles. The average molecular weight is 350 g/mol. The van der Waals surface area contributed by atoms with Gasteiger partial charge in [0.25, 0.3) is 5.91 Å². The number of hydrazone groups is 1. The third-order valence-electron chi connectivity index (χ3n) is 3.72. The fourth-order valence-corrected chi connectivity index (χ4v) is 3.18. The Morgan fingerprint density at radius 2 is 1.72 bits per heavy atom. The molecule has 0 radical (unpaired) electrons. The summed E-state index contributed by atoms with van der Waals surface area (Å²) >= 11 is 1.57. The molecule has 0 spiro atoms. The number of rotatable bonds is 5. The van der Waals surface area contributed by atoms with E-state index in [2.05, 4.69) is 17.5 Å². The summed E-state index contributed by atoms with van der Waals surface area (Å²) in [6.07, 6.45) is 0.907. The number of aryl methyl sites for hydroxylation is 1. The van der Waals surface area contributed by atoms with Gasteiger partial charge in [-0.25, -0.2) is 5.43 Å².